The fourth-order valence-electron chi connectivity index (χ4n) is 4.29. The Bertz CT molecular complexity index is 1390. The third-order valence-electron chi connectivity index (χ3n) is 6.12. The molecule has 3 aromatic rings. The lowest BCUT2D eigenvalue weighted by Gasteiger charge is -2.29. The molecule has 2 amide bonds. The van der Waals surface area contributed by atoms with E-state index in [1.54, 1.807) is 51.1 Å². The molecule has 1 fully saturated rings. The molecule has 206 valence electrons. The minimum atomic E-state index is -0.695. The molecule has 1 saturated heterocycles. The number of hydrogen-bond donors (Lipinski definition) is 2. The molecular formula is C28H31ClFN5O4. The maximum absolute atomic E-state index is 14.7. The van der Waals surface area contributed by atoms with Crippen LogP contribution in [0.3, 0.4) is 0 Å². The predicted octanol–water partition coefficient (Wildman–Crippen LogP) is 5.21. The number of aromatic nitrogens is 2. The van der Waals surface area contributed by atoms with Gasteiger partial charge in [-0.2, -0.15) is 0 Å². The highest BCUT2D eigenvalue weighted by Gasteiger charge is 2.29. The van der Waals surface area contributed by atoms with Crippen molar-refractivity contribution in [3.63, 3.8) is 0 Å². The summed E-state index contributed by atoms with van der Waals surface area (Å²) in [6.45, 7) is 5.79. The molecular weight excluding hydrogens is 525 g/mol. The Labute approximate surface area is 231 Å². The van der Waals surface area contributed by atoms with E-state index in [1.165, 1.54) is 24.3 Å². The van der Waals surface area contributed by atoms with Gasteiger partial charge >= 0.3 is 6.09 Å². The number of nitrogens with zero attached hydrogens (tertiary/aromatic N) is 3. The van der Waals surface area contributed by atoms with E-state index in [-0.39, 0.29) is 52.9 Å². The summed E-state index contributed by atoms with van der Waals surface area (Å²) in [7, 11) is 1.48. The lowest BCUT2D eigenvalue weighted by Crippen LogP contribution is -2.43. The Morgan fingerprint density at radius 1 is 1.23 bits per heavy atom. The van der Waals surface area contributed by atoms with Crippen LogP contribution < -0.4 is 15.8 Å². The largest absolute Gasteiger partial charge is 0.481 e. The molecule has 0 bridgehead atoms. The fraction of sp³-hybridized carbons (Fsp3) is 0.357. The van der Waals surface area contributed by atoms with Gasteiger partial charge in [0.15, 0.2) is 5.82 Å². The molecule has 0 saturated carbocycles. The fourth-order valence-corrected chi connectivity index (χ4v) is 4.60. The molecule has 9 nitrogen and oxygen atoms in total. The number of pyridine rings is 2. The number of nitrogen functional groups attached to an aromatic ring is 1. The number of rotatable bonds is 7. The van der Waals surface area contributed by atoms with Crippen LogP contribution in [0.2, 0.25) is 5.02 Å². The summed E-state index contributed by atoms with van der Waals surface area (Å²) < 4.78 is 25.9. The third-order valence-corrected chi connectivity index (χ3v) is 6.50. The standard InChI is InChI=1S/C28H31ClFN5O4/c1-28(2,3)39-27(37)35(15-17-9-11-22(36)33-17)14-16-8-10-21(34-26(16)38-4)18-12-13-32-25(23(18)29)19-6-5-7-20(31)24(19)30/h5-8,10,12-13,17H,9,11,14-15,31H2,1-4H3,(H,33,36)/t17-/m0/s1. The minimum absolute atomic E-state index is 0.00775. The molecule has 0 spiro atoms. The van der Waals surface area contributed by atoms with Crippen LogP contribution in [0.5, 0.6) is 5.88 Å². The van der Waals surface area contributed by atoms with Crippen LogP contribution in [0.1, 0.15) is 39.2 Å². The average Bonchev–Trinajstić information content (AvgIpc) is 3.29. The molecule has 11 heteroatoms. The number of nitrogens with one attached hydrogen (secondary N) is 1. The Kier molecular flexibility index (Phi) is 8.25. The number of methoxy groups -OCH3 is 1. The first-order valence-electron chi connectivity index (χ1n) is 12.5. The van der Waals surface area contributed by atoms with Gasteiger partial charge in [0, 0.05) is 41.9 Å². The molecule has 39 heavy (non-hydrogen) atoms. The van der Waals surface area contributed by atoms with Gasteiger partial charge in [-0.1, -0.05) is 17.7 Å². The normalized spacial score (nSPS) is 15.1. The van der Waals surface area contributed by atoms with Crippen LogP contribution in [0.4, 0.5) is 14.9 Å². The third kappa shape index (κ3) is 6.57. The number of amides is 2. The zero-order chi connectivity index (χ0) is 28.3. The molecule has 1 atom stereocenters. The molecule has 1 aliphatic rings. The van der Waals surface area contributed by atoms with E-state index < -0.39 is 17.5 Å². The lowest BCUT2D eigenvalue weighted by atomic mass is 10.0. The smallest absolute Gasteiger partial charge is 0.410 e. The molecule has 3 heterocycles. The highest BCUT2D eigenvalue weighted by molar-refractivity contribution is 6.35. The highest BCUT2D eigenvalue weighted by Crippen LogP contribution is 2.37. The second-order valence-corrected chi connectivity index (χ2v) is 10.6. The number of hydrogen-bond acceptors (Lipinski definition) is 7. The van der Waals surface area contributed by atoms with Crippen molar-refractivity contribution in [3.05, 3.63) is 59.0 Å². The SMILES string of the molecule is COc1nc(-c2ccnc(-c3cccc(N)c3F)c2Cl)ccc1CN(C[C@@H]1CCC(=O)N1)C(=O)OC(C)(C)C. The molecule has 0 unspecified atom stereocenters. The number of halogens is 2. The van der Waals surface area contributed by atoms with Gasteiger partial charge in [-0.3, -0.25) is 9.78 Å². The van der Waals surface area contributed by atoms with Crippen LogP contribution in [0.15, 0.2) is 42.6 Å². The number of anilines is 1. The quantitative estimate of drug-likeness (QED) is 0.384. The first-order chi connectivity index (χ1) is 18.5. The first-order valence-corrected chi connectivity index (χ1v) is 12.8. The van der Waals surface area contributed by atoms with Gasteiger partial charge in [-0.05, 0) is 57.5 Å². The number of carbonyl (C=O) groups excluding carboxylic acids is 2. The van der Waals surface area contributed by atoms with Gasteiger partial charge in [0.1, 0.15) is 5.60 Å². The van der Waals surface area contributed by atoms with Crippen molar-refractivity contribution in [3.8, 4) is 28.4 Å². The van der Waals surface area contributed by atoms with Crippen molar-refractivity contribution in [2.45, 2.75) is 51.8 Å². The van der Waals surface area contributed by atoms with E-state index >= 15 is 0 Å². The highest BCUT2D eigenvalue weighted by atomic mass is 35.5. The van der Waals surface area contributed by atoms with Crippen molar-refractivity contribution >= 4 is 29.3 Å². The van der Waals surface area contributed by atoms with Crippen LogP contribution >= 0.6 is 11.6 Å². The van der Waals surface area contributed by atoms with Gasteiger partial charge < -0.3 is 25.4 Å². The summed E-state index contributed by atoms with van der Waals surface area (Å²) >= 11 is 6.68. The first kappa shape index (κ1) is 28.1. The van der Waals surface area contributed by atoms with Crippen LogP contribution in [-0.4, -0.2) is 52.2 Å². The lowest BCUT2D eigenvalue weighted by molar-refractivity contribution is -0.119. The molecule has 2 aromatic heterocycles. The molecule has 1 aromatic carbocycles. The van der Waals surface area contributed by atoms with Gasteiger partial charge in [0.2, 0.25) is 11.8 Å². The minimum Gasteiger partial charge on any atom is -0.481 e. The molecule has 0 radical (unpaired) electrons. The van der Waals surface area contributed by atoms with Crippen LogP contribution in [0, 0.1) is 5.82 Å². The Balaban J connectivity index is 1.65. The summed E-state index contributed by atoms with van der Waals surface area (Å²) in [4.78, 5) is 35.2. The van der Waals surface area contributed by atoms with Crippen LogP contribution in [0.25, 0.3) is 22.5 Å². The van der Waals surface area contributed by atoms with E-state index in [0.29, 0.717) is 29.7 Å². The number of carbonyl (C=O) groups is 2. The maximum Gasteiger partial charge on any atom is 0.410 e. The summed E-state index contributed by atoms with van der Waals surface area (Å²) in [5, 5.41) is 3.09. The predicted molar refractivity (Wildman–Crippen MR) is 147 cm³/mol. The Morgan fingerprint density at radius 2 is 2.00 bits per heavy atom. The Hall–Kier alpha value is -3.92. The average molecular weight is 556 g/mol. The van der Waals surface area contributed by atoms with Gasteiger partial charge in [-0.25, -0.2) is 14.2 Å². The van der Waals surface area contributed by atoms with Gasteiger partial charge in [0.05, 0.1) is 35.8 Å². The topological polar surface area (TPSA) is 120 Å². The number of ether oxygens (including phenoxy) is 2. The summed E-state index contributed by atoms with van der Waals surface area (Å²) in [5.74, 6) is -0.369. The molecule has 1 aliphatic heterocycles. The number of benzene rings is 1. The van der Waals surface area contributed by atoms with E-state index in [9.17, 15) is 14.0 Å². The van der Waals surface area contributed by atoms with Crippen molar-refractivity contribution in [1.29, 1.82) is 0 Å². The van der Waals surface area contributed by atoms with Gasteiger partial charge in [-0.15, -0.1) is 0 Å². The summed E-state index contributed by atoms with van der Waals surface area (Å²) in [6, 6.07) is 9.66. The molecule has 3 N–H and O–H groups in total. The molecule has 0 aliphatic carbocycles. The van der Waals surface area contributed by atoms with Gasteiger partial charge in [0.25, 0.3) is 0 Å². The van der Waals surface area contributed by atoms with Crippen molar-refractivity contribution in [2.24, 2.45) is 0 Å². The summed E-state index contributed by atoms with van der Waals surface area (Å²) in [5.41, 5.74) is 7.06. The maximum atomic E-state index is 14.7. The van der Waals surface area contributed by atoms with Crippen LogP contribution in [-0.2, 0) is 16.1 Å². The number of nitrogens with two attached hydrogens (primary N) is 1. The van der Waals surface area contributed by atoms with Crippen molar-refractivity contribution in [2.75, 3.05) is 19.4 Å². The zero-order valence-corrected chi connectivity index (χ0v) is 23.0. The van der Waals surface area contributed by atoms with E-state index in [0.717, 1.165) is 0 Å². The second-order valence-electron chi connectivity index (χ2n) is 10.3. The molecule has 4 rings (SSSR count). The van der Waals surface area contributed by atoms with E-state index in [1.807, 2.05) is 0 Å². The zero-order valence-electron chi connectivity index (χ0n) is 22.3. The summed E-state index contributed by atoms with van der Waals surface area (Å²) in [6.07, 6.45) is 2.05. The Morgan fingerprint density at radius 3 is 2.67 bits per heavy atom. The van der Waals surface area contributed by atoms with E-state index in [2.05, 4.69) is 15.3 Å². The second kappa shape index (κ2) is 11.4. The van der Waals surface area contributed by atoms with Crippen molar-refractivity contribution < 1.29 is 23.5 Å². The monoisotopic (exact) mass is 555 g/mol. The van der Waals surface area contributed by atoms with E-state index in [4.69, 9.17) is 26.8 Å². The van der Waals surface area contributed by atoms with Crippen molar-refractivity contribution in [1.82, 2.24) is 20.2 Å².